The molecule has 0 fully saturated rings. The van der Waals surface area contributed by atoms with Gasteiger partial charge in [-0.2, -0.15) is 5.10 Å². The van der Waals surface area contributed by atoms with Gasteiger partial charge in [-0.05, 0) is 18.7 Å². The summed E-state index contributed by atoms with van der Waals surface area (Å²) in [6, 6.07) is 12.4. The fourth-order valence-corrected chi connectivity index (χ4v) is 1.54. The summed E-state index contributed by atoms with van der Waals surface area (Å²) in [4.78, 5) is 0. The van der Waals surface area contributed by atoms with Gasteiger partial charge in [0.1, 0.15) is 0 Å². The predicted octanol–water partition coefficient (Wildman–Crippen LogP) is 1.65. The molecule has 3 heteroatoms. The van der Waals surface area contributed by atoms with Crippen molar-refractivity contribution in [2.45, 2.75) is 13.1 Å². The summed E-state index contributed by atoms with van der Waals surface area (Å²) in [7, 11) is 1.93. The summed E-state index contributed by atoms with van der Waals surface area (Å²) in [6.07, 6.45) is 2.01. The predicted molar refractivity (Wildman–Crippen MR) is 60.5 cm³/mol. The molecule has 0 unspecified atom stereocenters. The fourth-order valence-electron chi connectivity index (χ4n) is 1.54. The van der Waals surface area contributed by atoms with Gasteiger partial charge in [0, 0.05) is 12.7 Å². The molecule has 1 N–H and O–H groups in total. The van der Waals surface area contributed by atoms with Crippen molar-refractivity contribution < 1.29 is 0 Å². The number of rotatable bonds is 4. The smallest absolute Gasteiger partial charge is 0.0762 e. The zero-order valence-corrected chi connectivity index (χ0v) is 8.85. The first kappa shape index (κ1) is 9.93. The Morgan fingerprint density at radius 2 is 2.00 bits per heavy atom. The maximum atomic E-state index is 4.45. The SMILES string of the molecule is CNCc1ccn(Cc2ccccc2)n1. The molecule has 2 rings (SSSR count). The van der Waals surface area contributed by atoms with Gasteiger partial charge in [0.2, 0.25) is 0 Å². The molecular weight excluding hydrogens is 186 g/mol. The Balaban J connectivity index is 2.05. The number of nitrogens with one attached hydrogen (secondary N) is 1. The van der Waals surface area contributed by atoms with Crippen LogP contribution in [0.15, 0.2) is 42.6 Å². The topological polar surface area (TPSA) is 29.9 Å². The lowest BCUT2D eigenvalue weighted by atomic mass is 10.2. The minimum atomic E-state index is 0.821. The number of hydrogen-bond donors (Lipinski definition) is 1. The molecule has 0 amide bonds. The van der Waals surface area contributed by atoms with Gasteiger partial charge in [0.25, 0.3) is 0 Å². The van der Waals surface area contributed by atoms with Crippen LogP contribution in [-0.2, 0) is 13.1 Å². The summed E-state index contributed by atoms with van der Waals surface area (Å²) in [6.45, 7) is 1.66. The van der Waals surface area contributed by atoms with Gasteiger partial charge < -0.3 is 5.32 Å². The molecule has 1 aromatic heterocycles. The van der Waals surface area contributed by atoms with Crippen molar-refractivity contribution in [1.82, 2.24) is 15.1 Å². The minimum absolute atomic E-state index is 0.821. The van der Waals surface area contributed by atoms with Gasteiger partial charge in [0.05, 0.1) is 12.2 Å². The summed E-state index contributed by atoms with van der Waals surface area (Å²) >= 11 is 0. The summed E-state index contributed by atoms with van der Waals surface area (Å²) in [5.41, 5.74) is 2.35. The van der Waals surface area contributed by atoms with Crippen molar-refractivity contribution in [2.75, 3.05) is 7.05 Å². The molecule has 0 atom stereocenters. The molecule has 0 saturated heterocycles. The second-order valence-corrected chi connectivity index (χ2v) is 3.52. The Bertz CT molecular complexity index is 406. The molecule has 0 aliphatic heterocycles. The van der Waals surface area contributed by atoms with Crippen molar-refractivity contribution in [1.29, 1.82) is 0 Å². The Kier molecular flexibility index (Phi) is 3.15. The van der Waals surface area contributed by atoms with Crippen molar-refractivity contribution in [3.05, 3.63) is 53.9 Å². The first-order chi connectivity index (χ1) is 7.38. The Labute approximate surface area is 89.7 Å². The number of hydrogen-bond acceptors (Lipinski definition) is 2. The molecule has 3 nitrogen and oxygen atoms in total. The number of benzene rings is 1. The standard InChI is InChI=1S/C12H15N3/c1-13-9-12-7-8-15(14-12)10-11-5-3-2-4-6-11/h2-8,13H,9-10H2,1H3. The van der Waals surface area contributed by atoms with Crippen molar-refractivity contribution in [2.24, 2.45) is 0 Å². The molecule has 0 spiro atoms. The van der Waals surface area contributed by atoms with E-state index >= 15 is 0 Å². The minimum Gasteiger partial charge on any atom is -0.314 e. The molecule has 1 aromatic carbocycles. The molecule has 0 bridgehead atoms. The van der Waals surface area contributed by atoms with E-state index in [1.807, 2.05) is 42.2 Å². The Morgan fingerprint density at radius 3 is 2.73 bits per heavy atom. The number of aromatic nitrogens is 2. The van der Waals surface area contributed by atoms with Crippen LogP contribution in [0.3, 0.4) is 0 Å². The van der Waals surface area contributed by atoms with E-state index < -0.39 is 0 Å². The van der Waals surface area contributed by atoms with Crippen molar-refractivity contribution >= 4 is 0 Å². The molecule has 15 heavy (non-hydrogen) atoms. The van der Waals surface area contributed by atoms with Crippen LogP contribution in [-0.4, -0.2) is 16.8 Å². The third-order valence-corrected chi connectivity index (χ3v) is 2.24. The molecule has 0 aliphatic rings. The highest BCUT2D eigenvalue weighted by Gasteiger charge is 1.98. The highest BCUT2D eigenvalue weighted by Crippen LogP contribution is 2.02. The molecule has 2 aromatic rings. The van der Waals surface area contributed by atoms with Gasteiger partial charge in [-0.25, -0.2) is 0 Å². The first-order valence-corrected chi connectivity index (χ1v) is 5.09. The van der Waals surface area contributed by atoms with Crippen LogP contribution in [0.4, 0.5) is 0 Å². The van der Waals surface area contributed by atoms with E-state index in [9.17, 15) is 0 Å². The lowest BCUT2D eigenvalue weighted by Gasteiger charge is -2.01. The second-order valence-electron chi connectivity index (χ2n) is 3.52. The molecule has 0 radical (unpaired) electrons. The summed E-state index contributed by atoms with van der Waals surface area (Å²) in [5.74, 6) is 0. The van der Waals surface area contributed by atoms with E-state index in [1.165, 1.54) is 5.56 Å². The average Bonchev–Trinajstić information content (AvgIpc) is 2.68. The van der Waals surface area contributed by atoms with Crippen LogP contribution in [0.25, 0.3) is 0 Å². The van der Waals surface area contributed by atoms with Crippen LogP contribution in [0.1, 0.15) is 11.3 Å². The summed E-state index contributed by atoms with van der Waals surface area (Å²) < 4.78 is 1.96. The van der Waals surface area contributed by atoms with E-state index in [-0.39, 0.29) is 0 Å². The van der Waals surface area contributed by atoms with Gasteiger partial charge in [-0.15, -0.1) is 0 Å². The van der Waals surface area contributed by atoms with Crippen molar-refractivity contribution in [3.8, 4) is 0 Å². The maximum Gasteiger partial charge on any atom is 0.0762 e. The van der Waals surface area contributed by atoms with Crippen LogP contribution >= 0.6 is 0 Å². The quantitative estimate of drug-likeness (QED) is 0.815. The highest BCUT2D eigenvalue weighted by atomic mass is 15.3. The lowest BCUT2D eigenvalue weighted by Crippen LogP contribution is -2.07. The van der Waals surface area contributed by atoms with Gasteiger partial charge >= 0.3 is 0 Å². The maximum absolute atomic E-state index is 4.45. The molecular formula is C12H15N3. The first-order valence-electron chi connectivity index (χ1n) is 5.09. The van der Waals surface area contributed by atoms with Crippen LogP contribution in [0.5, 0.6) is 0 Å². The monoisotopic (exact) mass is 201 g/mol. The second kappa shape index (κ2) is 4.75. The third kappa shape index (κ3) is 2.67. The Hall–Kier alpha value is -1.61. The van der Waals surface area contributed by atoms with Crippen LogP contribution < -0.4 is 5.32 Å². The zero-order chi connectivity index (χ0) is 10.5. The number of nitrogens with zero attached hydrogens (tertiary/aromatic N) is 2. The Morgan fingerprint density at radius 1 is 1.20 bits per heavy atom. The van der Waals surface area contributed by atoms with E-state index in [2.05, 4.69) is 22.5 Å². The average molecular weight is 201 g/mol. The molecule has 1 heterocycles. The van der Waals surface area contributed by atoms with Gasteiger partial charge in [0.15, 0.2) is 0 Å². The lowest BCUT2D eigenvalue weighted by molar-refractivity contribution is 0.659. The van der Waals surface area contributed by atoms with Crippen LogP contribution in [0.2, 0.25) is 0 Å². The zero-order valence-electron chi connectivity index (χ0n) is 8.85. The molecule has 0 aliphatic carbocycles. The van der Waals surface area contributed by atoms with E-state index in [4.69, 9.17) is 0 Å². The van der Waals surface area contributed by atoms with Gasteiger partial charge in [-0.1, -0.05) is 30.3 Å². The molecule has 78 valence electrons. The van der Waals surface area contributed by atoms with Crippen LogP contribution in [0, 0.1) is 0 Å². The molecule has 0 saturated carbocycles. The fraction of sp³-hybridized carbons (Fsp3) is 0.250. The third-order valence-electron chi connectivity index (χ3n) is 2.24. The van der Waals surface area contributed by atoms with E-state index in [0.717, 1.165) is 18.8 Å². The van der Waals surface area contributed by atoms with E-state index in [0.29, 0.717) is 0 Å². The highest BCUT2D eigenvalue weighted by molar-refractivity contribution is 5.15. The van der Waals surface area contributed by atoms with Gasteiger partial charge in [-0.3, -0.25) is 4.68 Å². The largest absolute Gasteiger partial charge is 0.314 e. The van der Waals surface area contributed by atoms with E-state index in [1.54, 1.807) is 0 Å². The normalized spacial score (nSPS) is 10.5. The summed E-state index contributed by atoms with van der Waals surface area (Å²) in [5, 5.41) is 7.53. The van der Waals surface area contributed by atoms with Crippen molar-refractivity contribution in [3.63, 3.8) is 0 Å².